The van der Waals surface area contributed by atoms with Gasteiger partial charge < -0.3 is 10.1 Å². The normalized spacial score (nSPS) is 16.5. The number of hydrogen-bond donors (Lipinski definition) is 1. The molecule has 0 aromatic carbocycles. The second-order valence-corrected chi connectivity index (χ2v) is 6.41. The second-order valence-electron chi connectivity index (χ2n) is 5.35. The Hall–Kier alpha value is -2.35. The average molecular weight is 345 g/mol. The SMILES string of the molecule is CCCSc1nc2n(n1)C(c1ccncc1)C(C(=O)OC)=C(C)N2. The van der Waals surface area contributed by atoms with E-state index in [-0.39, 0.29) is 12.0 Å². The minimum Gasteiger partial charge on any atom is -0.466 e. The molecule has 126 valence electrons. The van der Waals surface area contributed by atoms with E-state index in [2.05, 4.69) is 27.3 Å². The minimum absolute atomic E-state index is 0.384. The molecule has 0 fully saturated rings. The molecule has 0 amide bonds. The summed E-state index contributed by atoms with van der Waals surface area (Å²) >= 11 is 1.60. The summed E-state index contributed by atoms with van der Waals surface area (Å²) in [7, 11) is 1.38. The highest BCUT2D eigenvalue weighted by Gasteiger charge is 2.34. The summed E-state index contributed by atoms with van der Waals surface area (Å²) in [6.07, 6.45) is 4.44. The summed E-state index contributed by atoms with van der Waals surface area (Å²) in [4.78, 5) is 20.9. The van der Waals surface area contributed by atoms with Gasteiger partial charge in [0.05, 0.1) is 12.7 Å². The molecule has 24 heavy (non-hydrogen) atoms. The van der Waals surface area contributed by atoms with Gasteiger partial charge >= 0.3 is 5.97 Å². The van der Waals surface area contributed by atoms with Gasteiger partial charge in [0.15, 0.2) is 0 Å². The van der Waals surface area contributed by atoms with Crippen LogP contribution in [0.4, 0.5) is 5.95 Å². The standard InChI is InChI=1S/C16H19N5O2S/c1-4-9-24-16-19-15-18-10(2)12(14(22)23-3)13(21(15)20-16)11-5-7-17-8-6-11/h5-8,13H,4,9H2,1-3H3,(H,18,19,20). The number of pyridine rings is 1. The highest BCUT2D eigenvalue weighted by atomic mass is 32.2. The number of rotatable bonds is 5. The molecule has 3 heterocycles. The fraction of sp³-hybridized carbons (Fsp3) is 0.375. The molecule has 7 nitrogen and oxygen atoms in total. The fourth-order valence-corrected chi connectivity index (χ4v) is 3.30. The van der Waals surface area contributed by atoms with Crippen molar-refractivity contribution in [3.05, 3.63) is 41.4 Å². The molecule has 0 saturated heterocycles. The van der Waals surface area contributed by atoms with Crippen molar-refractivity contribution < 1.29 is 9.53 Å². The largest absolute Gasteiger partial charge is 0.466 e. The topological polar surface area (TPSA) is 81.9 Å². The van der Waals surface area contributed by atoms with E-state index in [4.69, 9.17) is 4.74 Å². The number of nitrogens with zero attached hydrogens (tertiary/aromatic N) is 4. The van der Waals surface area contributed by atoms with Crippen molar-refractivity contribution >= 4 is 23.7 Å². The molecule has 1 aliphatic rings. The third kappa shape index (κ3) is 3.01. The summed E-state index contributed by atoms with van der Waals surface area (Å²) < 4.78 is 6.72. The number of thioether (sulfide) groups is 1. The minimum atomic E-state index is -0.389. The molecule has 1 atom stereocenters. The van der Waals surface area contributed by atoms with Crippen LogP contribution in [-0.2, 0) is 9.53 Å². The Morgan fingerprint density at radius 2 is 2.17 bits per heavy atom. The number of esters is 1. The van der Waals surface area contributed by atoms with Gasteiger partial charge in [0.25, 0.3) is 0 Å². The first-order valence-electron chi connectivity index (χ1n) is 7.71. The number of nitrogens with one attached hydrogen (secondary N) is 1. The fourth-order valence-electron chi connectivity index (χ4n) is 2.61. The summed E-state index contributed by atoms with van der Waals surface area (Å²) in [5.41, 5.74) is 2.15. The van der Waals surface area contributed by atoms with E-state index in [0.29, 0.717) is 16.7 Å². The maximum absolute atomic E-state index is 12.3. The van der Waals surface area contributed by atoms with Crippen LogP contribution in [0.5, 0.6) is 0 Å². The van der Waals surface area contributed by atoms with Gasteiger partial charge in [-0.25, -0.2) is 9.48 Å². The maximum atomic E-state index is 12.3. The van der Waals surface area contributed by atoms with Crippen LogP contribution in [-0.4, -0.2) is 38.6 Å². The molecule has 0 aliphatic carbocycles. The molecule has 0 spiro atoms. The first-order valence-corrected chi connectivity index (χ1v) is 8.69. The first kappa shape index (κ1) is 16.5. The smallest absolute Gasteiger partial charge is 0.338 e. The second kappa shape index (κ2) is 7.04. The van der Waals surface area contributed by atoms with E-state index in [1.807, 2.05) is 19.1 Å². The van der Waals surface area contributed by atoms with E-state index in [0.717, 1.165) is 23.4 Å². The van der Waals surface area contributed by atoms with E-state index in [1.165, 1.54) is 7.11 Å². The van der Waals surface area contributed by atoms with Gasteiger partial charge in [0.1, 0.15) is 6.04 Å². The van der Waals surface area contributed by atoms with Crippen molar-refractivity contribution in [3.8, 4) is 0 Å². The summed E-state index contributed by atoms with van der Waals surface area (Å²) in [6.45, 7) is 3.96. The first-order chi connectivity index (χ1) is 11.7. The van der Waals surface area contributed by atoms with Crippen molar-refractivity contribution in [1.29, 1.82) is 0 Å². The highest BCUT2D eigenvalue weighted by Crippen LogP contribution is 2.36. The lowest BCUT2D eigenvalue weighted by atomic mass is 9.97. The van der Waals surface area contributed by atoms with Gasteiger partial charge in [-0.2, -0.15) is 4.98 Å². The van der Waals surface area contributed by atoms with Crippen LogP contribution in [0.3, 0.4) is 0 Å². The molecule has 2 aromatic heterocycles. The molecule has 3 rings (SSSR count). The Balaban J connectivity index is 2.09. The van der Waals surface area contributed by atoms with Crippen LogP contribution >= 0.6 is 11.8 Å². The van der Waals surface area contributed by atoms with E-state index in [1.54, 1.807) is 28.8 Å². The molecular weight excluding hydrogens is 326 g/mol. The van der Waals surface area contributed by atoms with Gasteiger partial charge in [-0.1, -0.05) is 18.7 Å². The van der Waals surface area contributed by atoms with Gasteiger partial charge in [-0.05, 0) is 31.0 Å². The van der Waals surface area contributed by atoms with E-state index >= 15 is 0 Å². The zero-order valence-corrected chi connectivity index (χ0v) is 14.6. The molecule has 1 aliphatic heterocycles. The zero-order valence-electron chi connectivity index (χ0n) is 13.8. The van der Waals surface area contributed by atoms with Crippen LogP contribution < -0.4 is 5.32 Å². The number of ether oxygens (including phenoxy) is 1. The van der Waals surface area contributed by atoms with Crippen LogP contribution in [0.15, 0.2) is 41.0 Å². The Morgan fingerprint density at radius 3 is 2.83 bits per heavy atom. The predicted molar refractivity (Wildman–Crippen MR) is 91.8 cm³/mol. The third-order valence-corrected chi connectivity index (χ3v) is 4.74. The number of allylic oxidation sites excluding steroid dienone is 1. The van der Waals surface area contributed by atoms with Gasteiger partial charge in [-0.3, -0.25) is 4.98 Å². The number of carbonyl (C=O) groups excluding carboxylic acids is 1. The highest BCUT2D eigenvalue weighted by molar-refractivity contribution is 7.99. The van der Waals surface area contributed by atoms with Crippen molar-refractivity contribution in [2.45, 2.75) is 31.5 Å². The van der Waals surface area contributed by atoms with Crippen molar-refractivity contribution in [2.75, 3.05) is 18.2 Å². The molecule has 1 N–H and O–H groups in total. The lowest BCUT2D eigenvalue weighted by molar-refractivity contribution is -0.136. The van der Waals surface area contributed by atoms with E-state index in [9.17, 15) is 4.79 Å². The average Bonchev–Trinajstić information content (AvgIpc) is 3.01. The van der Waals surface area contributed by atoms with Crippen LogP contribution in [0, 0.1) is 0 Å². The lowest BCUT2D eigenvalue weighted by Crippen LogP contribution is -2.29. The molecule has 8 heteroatoms. The molecule has 1 unspecified atom stereocenters. The quantitative estimate of drug-likeness (QED) is 0.659. The summed E-state index contributed by atoms with van der Waals surface area (Å²) in [5, 5.41) is 8.44. The Labute approximate surface area is 144 Å². The van der Waals surface area contributed by atoms with Crippen LogP contribution in [0.2, 0.25) is 0 Å². The van der Waals surface area contributed by atoms with Crippen LogP contribution in [0.25, 0.3) is 0 Å². The third-order valence-electron chi connectivity index (χ3n) is 3.70. The van der Waals surface area contributed by atoms with Gasteiger partial charge in [0, 0.05) is 23.8 Å². The monoisotopic (exact) mass is 345 g/mol. The number of methoxy groups -OCH3 is 1. The number of aromatic nitrogens is 4. The molecule has 0 bridgehead atoms. The van der Waals surface area contributed by atoms with Crippen LogP contribution in [0.1, 0.15) is 31.9 Å². The van der Waals surface area contributed by atoms with Crippen molar-refractivity contribution in [1.82, 2.24) is 19.7 Å². The number of hydrogen-bond acceptors (Lipinski definition) is 7. The number of anilines is 1. The maximum Gasteiger partial charge on any atom is 0.338 e. The predicted octanol–water partition coefficient (Wildman–Crippen LogP) is 2.64. The van der Waals surface area contributed by atoms with Gasteiger partial charge in [-0.15, -0.1) is 5.10 Å². The van der Waals surface area contributed by atoms with E-state index < -0.39 is 0 Å². The van der Waals surface area contributed by atoms with Crippen molar-refractivity contribution in [2.24, 2.45) is 0 Å². The lowest BCUT2D eigenvalue weighted by Gasteiger charge is -2.27. The Kier molecular flexibility index (Phi) is 4.84. The van der Waals surface area contributed by atoms with Gasteiger partial charge in [0.2, 0.25) is 11.1 Å². The summed E-state index contributed by atoms with van der Waals surface area (Å²) in [6, 6.07) is 3.35. The Bertz CT molecular complexity index is 772. The summed E-state index contributed by atoms with van der Waals surface area (Å²) in [5.74, 6) is 1.19. The zero-order chi connectivity index (χ0) is 17.1. The van der Waals surface area contributed by atoms with Crippen molar-refractivity contribution in [3.63, 3.8) is 0 Å². The Morgan fingerprint density at radius 1 is 1.42 bits per heavy atom. The number of carbonyl (C=O) groups is 1. The molecule has 0 saturated carbocycles. The molecule has 2 aromatic rings. The molecule has 0 radical (unpaired) electrons. The molecular formula is C16H19N5O2S. The number of fused-ring (bicyclic) bond motifs is 1.